The maximum absolute atomic E-state index is 12.1. The van der Waals surface area contributed by atoms with Gasteiger partial charge < -0.3 is 4.90 Å². The fraction of sp³-hybridized carbons (Fsp3) is 0.667. The third-order valence-electron chi connectivity index (χ3n) is 4.10. The second-order valence-electron chi connectivity index (χ2n) is 7.20. The Hall–Kier alpha value is -1.85. The minimum atomic E-state index is -0.318. The summed E-state index contributed by atoms with van der Waals surface area (Å²) in [6.07, 6.45) is 4.31. The van der Waals surface area contributed by atoms with Crippen LogP contribution in [-0.4, -0.2) is 33.1 Å². The molecular formula is C15H23N5O. The van der Waals surface area contributed by atoms with Gasteiger partial charge in [0.15, 0.2) is 0 Å². The van der Waals surface area contributed by atoms with Gasteiger partial charge in [0.2, 0.25) is 0 Å². The molecule has 2 N–H and O–H groups in total. The van der Waals surface area contributed by atoms with Crippen molar-refractivity contribution in [2.24, 2.45) is 13.0 Å². The molecule has 114 valence electrons. The molecule has 0 radical (unpaired) electrons. The van der Waals surface area contributed by atoms with Crippen LogP contribution in [0.5, 0.6) is 0 Å². The molecule has 1 aliphatic carbocycles. The Morgan fingerprint density at radius 2 is 2.10 bits per heavy atom. The van der Waals surface area contributed by atoms with E-state index in [2.05, 4.69) is 31.2 Å². The molecule has 0 aromatic carbocycles. The van der Waals surface area contributed by atoms with E-state index in [1.165, 1.54) is 12.8 Å². The summed E-state index contributed by atoms with van der Waals surface area (Å²) >= 11 is 0. The first kappa shape index (κ1) is 14.1. The van der Waals surface area contributed by atoms with E-state index in [1.54, 1.807) is 9.58 Å². The highest BCUT2D eigenvalue weighted by atomic mass is 16.2. The standard InChI is InChI=1S/C15H23N5O/c1-15(2,3)12-10(8-19(4)18-12)11-13(16)17-14(21)20(11)7-9-5-6-9/h8-9,11H,5-7H2,1-4H3,(H2,16,17,21). The fourth-order valence-corrected chi connectivity index (χ4v) is 2.91. The number of hydrogen-bond acceptors (Lipinski definition) is 3. The van der Waals surface area contributed by atoms with Crippen LogP contribution in [0.4, 0.5) is 4.79 Å². The molecule has 6 nitrogen and oxygen atoms in total. The normalized spacial score (nSPS) is 22.9. The Bertz CT molecular complexity index is 594. The van der Waals surface area contributed by atoms with Crippen molar-refractivity contribution >= 4 is 11.9 Å². The Labute approximate surface area is 125 Å². The molecule has 1 aromatic rings. The zero-order valence-electron chi connectivity index (χ0n) is 13.1. The van der Waals surface area contributed by atoms with Gasteiger partial charge in [0.05, 0.1) is 5.69 Å². The van der Waals surface area contributed by atoms with Crippen molar-refractivity contribution in [3.8, 4) is 0 Å². The van der Waals surface area contributed by atoms with Gasteiger partial charge in [0.1, 0.15) is 11.9 Å². The van der Waals surface area contributed by atoms with Gasteiger partial charge in [-0.1, -0.05) is 20.8 Å². The van der Waals surface area contributed by atoms with Crippen molar-refractivity contribution in [3.05, 3.63) is 17.5 Å². The maximum atomic E-state index is 12.1. The molecule has 1 saturated heterocycles. The summed E-state index contributed by atoms with van der Waals surface area (Å²) in [6.45, 7) is 7.06. The van der Waals surface area contributed by atoms with E-state index >= 15 is 0 Å². The van der Waals surface area contributed by atoms with Crippen LogP contribution >= 0.6 is 0 Å². The van der Waals surface area contributed by atoms with E-state index in [0.29, 0.717) is 5.92 Å². The molecule has 3 rings (SSSR count). The molecule has 2 aliphatic rings. The Kier molecular flexibility index (Phi) is 3.07. The van der Waals surface area contributed by atoms with Gasteiger partial charge in [-0.05, 0) is 18.8 Å². The Morgan fingerprint density at radius 3 is 2.67 bits per heavy atom. The number of hydrogen-bond donors (Lipinski definition) is 2. The summed E-state index contributed by atoms with van der Waals surface area (Å²) in [4.78, 5) is 13.9. The third kappa shape index (κ3) is 2.54. The third-order valence-corrected chi connectivity index (χ3v) is 4.10. The second-order valence-corrected chi connectivity index (χ2v) is 7.20. The second kappa shape index (κ2) is 4.58. The predicted octanol–water partition coefficient (Wildman–Crippen LogP) is 2.17. The van der Waals surface area contributed by atoms with Crippen LogP contribution in [0, 0.1) is 11.3 Å². The van der Waals surface area contributed by atoms with E-state index in [0.717, 1.165) is 17.8 Å². The molecule has 1 unspecified atom stereocenters. The minimum absolute atomic E-state index is 0.117. The number of carbonyl (C=O) groups excluding carboxylic acids is 1. The van der Waals surface area contributed by atoms with Gasteiger partial charge in [-0.25, -0.2) is 4.79 Å². The van der Waals surface area contributed by atoms with E-state index in [4.69, 9.17) is 5.41 Å². The SMILES string of the molecule is Cn1cc(C2C(=N)NC(=O)N2CC2CC2)c(C(C)(C)C)n1. The molecule has 1 aromatic heterocycles. The average Bonchev–Trinajstić information content (AvgIpc) is 3.01. The van der Waals surface area contributed by atoms with Crippen LogP contribution in [0.2, 0.25) is 0 Å². The lowest BCUT2D eigenvalue weighted by molar-refractivity contribution is 0.202. The van der Waals surface area contributed by atoms with Crippen molar-refractivity contribution in [1.29, 1.82) is 5.41 Å². The number of nitrogens with one attached hydrogen (secondary N) is 2. The van der Waals surface area contributed by atoms with Crippen LogP contribution in [0.25, 0.3) is 0 Å². The number of amides is 2. The first-order chi connectivity index (χ1) is 9.77. The molecule has 2 fully saturated rings. The summed E-state index contributed by atoms with van der Waals surface area (Å²) in [5.74, 6) is 0.859. The van der Waals surface area contributed by atoms with Crippen LogP contribution in [0.15, 0.2) is 6.20 Å². The number of aryl methyl sites for hydroxylation is 1. The lowest BCUT2D eigenvalue weighted by Crippen LogP contribution is -2.32. The highest BCUT2D eigenvalue weighted by Crippen LogP contribution is 2.37. The predicted molar refractivity (Wildman–Crippen MR) is 80.3 cm³/mol. The zero-order chi connectivity index (χ0) is 15.4. The number of rotatable bonds is 3. The number of carbonyl (C=O) groups is 1. The topological polar surface area (TPSA) is 74.0 Å². The van der Waals surface area contributed by atoms with Gasteiger partial charge >= 0.3 is 6.03 Å². The van der Waals surface area contributed by atoms with Crippen LogP contribution in [0.3, 0.4) is 0 Å². The molecule has 1 atom stereocenters. The van der Waals surface area contributed by atoms with Crippen molar-refractivity contribution < 1.29 is 4.79 Å². The summed E-state index contributed by atoms with van der Waals surface area (Å²) in [5, 5.41) is 15.4. The van der Waals surface area contributed by atoms with E-state index < -0.39 is 0 Å². The lowest BCUT2D eigenvalue weighted by Gasteiger charge is -2.25. The highest BCUT2D eigenvalue weighted by Gasteiger charge is 2.42. The molecule has 1 saturated carbocycles. The average molecular weight is 289 g/mol. The fourth-order valence-electron chi connectivity index (χ4n) is 2.91. The molecule has 2 heterocycles. The quantitative estimate of drug-likeness (QED) is 0.895. The molecule has 21 heavy (non-hydrogen) atoms. The van der Waals surface area contributed by atoms with Crippen LogP contribution < -0.4 is 5.32 Å². The number of aromatic nitrogens is 2. The van der Waals surface area contributed by atoms with E-state index in [9.17, 15) is 4.79 Å². The molecular weight excluding hydrogens is 266 g/mol. The van der Waals surface area contributed by atoms with Gasteiger partial charge in [-0.15, -0.1) is 0 Å². The summed E-state index contributed by atoms with van der Waals surface area (Å²) in [5.41, 5.74) is 1.80. The van der Waals surface area contributed by atoms with Crippen LogP contribution in [-0.2, 0) is 12.5 Å². The highest BCUT2D eigenvalue weighted by molar-refractivity contribution is 6.06. The molecule has 1 aliphatic heterocycles. The maximum Gasteiger partial charge on any atom is 0.323 e. The number of amidine groups is 1. The zero-order valence-corrected chi connectivity index (χ0v) is 13.1. The van der Waals surface area contributed by atoms with Gasteiger partial charge in [0.25, 0.3) is 0 Å². The Balaban J connectivity index is 2.00. The van der Waals surface area contributed by atoms with Gasteiger partial charge in [0, 0.05) is 30.8 Å². The van der Waals surface area contributed by atoms with Gasteiger partial charge in [-0.3, -0.25) is 15.4 Å². The summed E-state index contributed by atoms with van der Waals surface area (Å²) < 4.78 is 1.78. The molecule has 0 bridgehead atoms. The molecule has 0 spiro atoms. The Morgan fingerprint density at radius 1 is 1.43 bits per heavy atom. The van der Waals surface area contributed by atoms with E-state index in [1.807, 2.05) is 13.2 Å². The number of urea groups is 1. The van der Waals surface area contributed by atoms with Gasteiger partial charge in [-0.2, -0.15) is 5.10 Å². The molecule has 2 amide bonds. The smallest absolute Gasteiger partial charge is 0.310 e. The minimum Gasteiger partial charge on any atom is -0.310 e. The van der Waals surface area contributed by atoms with Crippen LogP contribution in [0.1, 0.15) is 50.9 Å². The number of nitrogens with zero attached hydrogens (tertiary/aromatic N) is 3. The monoisotopic (exact) mass is 289 g/mol. The van der Waals surface area contributed by atoms with Crippen molar-refractivity contribution in [3.63, 3.8) is 0 Å². The van der Waals surface area contributed by atoms with Crippen molar-refractivity contribution in [2.75, 3.05) is 6.54 Å². The molecule has 6 heteroatoms. The van der Waals surface area contributed by atoms with Crippen molar-refractivity contribution in [1.82, 2.24) is 20.0 Å². The van der Waals surface area contributed by atoms with E-state index in [-0.39, 0.29) is 23.3 Å². The van der Waals surface area contributed by atoms with Crippen molar-refractivity contribution in [2.45, 2.75) is 45.1 Å². The summed E-state index contributed by atoms with van der Waals surface area (Å²) in [6, 6.07) is -0.471. The summed E-state index contributed by atoms with van der Waals surface area (Å²) in [7, 11) is 1.89. The lowest BCUT2D eigenvalue weighted by atomic mass is 9.87. The first-order valence-electron chi connectivity index (χ1n) is 7.47. The first-order valence-corrected chi connectivity index (χ1v) is 7.47. The largest absolute Gasteiger partial charge is 0.323 e.